The zero-order chi connectivity index (χ0) is 20.1. The molecule has 0 unspecified atom stereocenters. The van der Waals surface area contributed by atoms with Gasteiger partial charge in [0, 0.05) is 24.4 Å². The molecule has 0 radical (unpaired) electrons. The Kier molecular flexibility index (Phi) is 5.98. The lowest BCUT2D eigenvalue weighted by Gasteiger charge is -2.17. The van der Waals surface area contributed by atoms with Gasteiger partial charge in [0.2, 0.25) is 0 Å². The maximum Gasteiger partial charge on any atom is 0.125 e. The number of carbonyl (C=O) groups is 1. The van der Waals surface area contributed by atoms with Gasteiger partial charge in [0.1, 0.15) is 18.6 Å². The minimum atomic E-state index is -0.329. The molecule has 0 amide bonds. The molecule has 1 aromatic heterocycles. The van der Waals surface area contributed by atoms with Crippen LogP contribution < -0.4 is 4.74 Å². The molecule has 0 saturated carbocycles. The Balaban J connectivity index is 1.65. The maximum atomic E-state index is 11.1. The van der Waals surface area contributed by atoms with E-state index >= 15 is 0 Å². The third-order valence-corrected chi connectivity index (χ3v) is 4.83. The number of benzene rings is 2. The molecule has 2 aromatic carbocycles. The first-order valence-electron chi connectivity index (χ1n) is 9.59. The minimum Gasteiger partial charge on any atom is -0.488 e. The fourth-order valence-corrected chi connectivity index (χ4v) is 3.43. The number of imidazole rings is 1. The summed E-state index contributed by atoms with van der Waals surface area (Å²) >= 11 is 0. The van der Waals surface area contributed by atoms with Crippen LogP contribution in [0, 0.1) is 19.3 Å². The zero-order valence-electron chi connectivity index (χ0n) is 17.1. The van der Waals surface area contributed by atoms with Gasteiger partial charge in [0.05, 0.1) is 6.33 Å². The fourth-order valence-electron chi connectivity index (χ4n) is 3.43. The number of hydrogen-bond donors (Lipinski definition) is 0. The Labute approximate surface area is 167 Å². The van der Waals surface area contributed by atoms with Gasteiger partial charge in [-0.2, -0.15) is 0 Å². The lowest BCUT2D eigenvalue weighted by atomic mass is 9.87. The third kappa shape index (κ3) is 5.10. The average Bonchev–Trinajstić information content (AvgIpc) is 3.15. The van der Waals surface area contributed by atoms with Gasteiger partial charge >= 0.3 is 0 Å². The first kappa shape index (κ1) is 19.9. The van der Waals surface area contributed by atoms with Crippen molar-refractivity contribution in [1.82, 2.24) is 9.55 Å². The number of aldehydes is 1. The summed E-state index contributed by atoms with van der Waals surface area (Å²) in [4.78, 5) is 15.2. The summed E-state index contributed by atoms with van der Waals surface area (Å²) in [6.07, 6.45) is 7.35. The lowest BCUT2D eigenvalue weighted by Crippen LogP contribution is -2.16. The van der Waals surface area contributed by atoms with E-state index in [1.807, 2.05) is 26.4 Å². The summed E-state index contributed by atoms with van der Waals surface area (Å²) in [6.45, 7) is 9.42. The number of nitrogens with zero attached hydrogens (tertiary/aromatic N) is 2. The highest BCUT2D eigenvalue weighted by molar-refractivity contribution is 5.58. The van der Waals surface area contributed by atoms with Gasteiger partial charge in [-0.3, -0.25) is 0 Å². The second-order valence-corrected chi connectivity index (χ2v) is 8.18. The molecule has 0 aliphatic rings. The van der Waals surface area contributed by atoms with Gasteiger partial charge in [-0.25, -0.2) is 4.98 Å². The molecule has 0 saturated heterocycles. The standard InChI is InChI=1S/C24H28N2O2/c1-18-11-22(14-26-10-9-25-17-26)12-19(2)23(18)28-15-21-7-5-20(6-8-21)13-24(3,4)16-27/h5-12,16-17H,13-15H2,1-4H3. The Morgan fingerprint density at radius 3 is 2.25 bits per heavy atom. The van der Waals surface area contributed by atoms with E-state index in [4.69, 9.17) is 4.74 Å². The molecule has 4 heteroatoms. The topological polar surface area (TPSA) is 44.1 Å². The maximum absolute atomic E-state index is 11.1. The predicted octanol–water partition coefficient (Wildman–Crippen LogP) is 4.89. The Morgan fingerprint density at radius 1 is 1.04 bits per heavy atom. The van der Waals surface area contributed by atoms with Crippen molar-refractivity contribution >= 4 is 6.29 Å². The normalized spacial score (nSPS) is 11.4. The molecule has 4 nitrogen and oxygen atoms in total. The van der Waals surface area contributed by atoms with Gasteiger partial charge in [-0.1, -0.05) is 50.2 Å². The van der Waals surface area contributed by atoms with Crippen LogP contribution in [0.1, 0.15) is 41.7 Å². The van der Waals surface area contributed by atoms with Crippen molar-refractivity contribution in [3.63, 3.8) is 0 Å². The number of hydrogen-bond acceptors (Lipinski definition) is 3. The van der Waals surface area contributed by atoms with Gasteiger partial charge in [0.15, 0.2) is 0 Å². The molecular weight excluding hydrogens is 348 g/mol. The molecule has 28 heavy (non-hydrogen) atoms. The highest BCUT2D eigenvalue weighted by atomic mass is 16.5. The van der Waals surface area contributed by atoms with Crippen LogP contribution in [0.15, 0.2) is 55.1 Å². The van der Waals surface area contributed by atoms with E-state index in [2.05, 4.69) is 59.8 Å². The molecule has 3 rings (SSSR count). The fraction of sp³-hybridized carbons (Fsp3) is 0.333. The minimum absolute atomic E-state index is 0.329. The quantitative estimate of drug-likeness (QED) is 0.526. The Bertz CT molecular complexity index is 903. The summed E-state index contributed by atoms with van der Waals surface area (Å²) < 4.78 is 8.19. The summed E-state index contributed by atoms with van der Waals surface area (Å²) in [5.41, 5.74) is 5.47. The predicted molar refractivity (Wildman–Crippen MR) is 112 cm³/mol. The molecule has 0 N–H and O–H groups in total. The van der Waals surface area contributed by atoms with E-state index < -0.39 is 0 Å². The van der Waals surface area contributed by atoms with Crippen molar-refractivity contribution in [1.29, 1.82) is 0 Å². The molecule has 0 atom stereocenters. The molecule has 3 aromatic rings. The van der Waals surface area contributed by atoms with Crippen LogP contribution in [-0.4, -0.2) is 15.8 Å². The molecule has 146 valence electrons. The van der Waals surface area contributed by atoms with Crippen LogP contribution in [0.25, 0.3) is 0 Å². The number of ether oxygens (including phenoxy) is 1. The van der Waals surface area contributed by atoms with Crippen molar-refractivity contribution in [2.45, 2.75) is 47.3 Å². The van der Waals surface area contributed by atoms with Crippen molar-refractivity contribution < 1.29 is 9.53 Å². The Hall–Kier alpha value is -2.88. The smallest absolute Gasteiger partial charge is 0.125 e. The first-order chi connectivity index (χ1) is 13.4. The van der Waals surface area contributed by atoms with Crippen molar-refractivity contribution in [3.8, 4) is 5.75 Å². The molecule has 1 heterocycles. The molecule has 0 fully saturated rings. The van der Waals surface area contributed by atoms with Crippen LogP contribution in [0.4, 0.5) is 0 Å². The molecule has 0 spiro atoms. The largest absolute Gasteiger partial charge is 0.488 e. The van der Waals surface area contributed by atoms with Crippen LogP contribution in [0.3, 0.4) is 0 Å². The van der Waals surface area contributed by atoms with Crippen molar-refractivity contribution in [2.24, 2.45) is 5.41 Å². The third-order valence-electron chi connectivity index (χ3n) is 4.83. The second kappa shape index (κ2) is 8.42. The highest BCUT2D eigenvalue weighted by Crippen LogP contribution is 2.26. The molecule has 0 bridgehead atoms. The molecular formula is C24H28N2O2. The number of aromatic nitrogens is 2. The lowest BCUT2D eigenvalue weighted by molar-refractivity contribution is -0.114. The van der Waals surface area contributed by atoms with Gasteiger partial charge in [-0.15, -0.1) is 0 Å². The first-order valence-corrected chi connectivity index (χ1v) is 9.59. The summed E-state index contributed by atoms with van der Waals surface area (Å²) in [5.74, 6) is 0.945. The van der Waals surface area contributed by atoms with Crippen molar-refractivity contribution in [3.05, 3.63) is 82.9 Å². The second-order valence-electron chi connectivity index (χ2n) is 8.18. The highest BCUT2D eigenvalue weighted by Gasteiger charge is 2.17. The van der Waals surface area contributed by atoms with Crippen LogP contribution in [0.5, 0.6) is 5.75 Å². The molecule has 0 aliphatic carbocycles. The summed E-state index contributed by atoms with van der Waals surface area (Å²) in [6, 6.07) is 12.7. The summed E-state index contributed by atoms with van der Waals surface area (Å²) in [5, 5.41) is 0. The SMILES string of the molecule is Cc1cc(Cn2ccnc2)cc(C)c1OCc1ccc(CC(C)(C)C=O)cc1. The van der Waals surface area contributed by atoms with E-state index in [1.54, 1.807) is 6.20 Å². The van der Waals surface area contributed by atoms with E-state index in [0.717, 1.165) is 47.3 Å². The summed E-state index contributed by atoms with van der Waals surface area (Å²) in [7, 11) is 0. The van der Waals surface area contributed by atoms with Gasteiger partial charge in [0.25, 0.3) is 0 Å². The van der Waals surface area contributed by atoms with E-state index in [0.29, 0.717) is 6.61 Å². The van der Waals surface area contributed by atoms with E-state index in [9.17, 15) is 4.79 Å². The number of aryl methyl sites for hydroxylation is 2. The Morgan fingerprint density at radius 2 is 1.68 bits per heavy atom. The number of rotatable bonds is 8. The monoisotopic (exact) mass is 376 g/mol. The average molecular weight is 377 g/mol. The molecule has 0 aliphatic heterocycles. The van der Waals surface area contributed by atoms with E-state index in [-0.39, 0.29) is 5.41 Å². The van der Waals surface area contributed by atoms with E-state index in [1.165, 1.54) is 5.56 Å². The van der Waals surface area contributed by atoms with Crippen LogP contribution in [0.2, 0.25) is 0 Å². The van der Waals surface area contributed by atoms with Gasteiger partial charge in [-0.05, 0) is 48.1 Å². The number of carbonyl (C=O) groups excluding carboxylic acids is 1. The van der Waals surface area contributed by atoms with Crippen LogP contribution in [-0.2, 0) is 24.4 Å². The van der Waals surface area contributed by atoms with Crippen molar-refractivity contribution in [2.75, 3.05) is 0 Å². The van der Waals surface area contributed by atoms with Gasteiger partial charge < -0.3 is 14.1 Å². The zero-order valence-corrected chi connectivity index (χ0v) is 17.1. The van der Waals surface area contributed by atoms with Crippen LogP contribution >= 0.6 is 0 Å².